The molecule has 12 aromatic rings. The molecular weight excluding hydrogens is 765 g/mol. The van der Waals surface area contributed by atoms with E-state index in [1.807, 2.05) is 12.1 Å². The molecule has 0 saturated carbocycles. The van der Waals surface area contributed by atoms with Crippen LogP contribution < -0.4 is 4.90 Å². The highest BCUT2D eigenvalue weighted by Crippen LogP contribution is 2.47. The van der Waals surface area contributed by atoms with E-state index in [9.17, 15) is 0 Å². The van der Waals surface area contributed by atoms with E-state index in [1.165, 1.54) is 49.6 Å². The molecule has 296 valence electrons. The fourth-order valence-electron chi connectivity index (χ4n) is 9.62. The summed E-state index contributed by atoms with van der Waals surface area (Å²) < 4.78 is 8.73. The van der Waals surface area contributed by atoms with Crippen molar-refractivity contribution in [1.29, 1.82) is 0 Å². The van der Waals surface area contributed by atoms with Gasteiger partial charge in [-0.1, -0.05) is 176 Å². The van der Waals surface area contributed by atoms with Gasteiger partial charge in [-0.25, -0.2) is 0 Å². The summed E-state index contributed by atoms with van der Waals surface area (Å²) in [5.74, 6) is 0. The second kappa shape index (κ2) is 15.3. The van der Waals surface area contributed by atoms with Crippen LogP contribution in [0, 0.1) is 0 Å². The van der Waals surface area contributed by atoms with Crippen LogP contribution in [-0.4, -0.2) is 4.57 Å². The second-order valence-corrected chi connectivity index (χ2v) is 16.0. The molecule has 2 heterocycles. The third-order valence-electron chi connectivity index (χ3n) is 12.4. The number of aromatic nitrogens is 1. The lowest BCUT2D eigenvalue weighted by Crippen LogP contribution is -2.11. The Morgan fingerprint density at radius 1 is 0.317 bits per heavy atom. The fraction of sp³-hybridized carbons (Fsp3) is 0. The van der Waals surface area contributed by atoms with Gasteiger partial charge in [-0.15, -0.1) is 0 Å². The first kappa shape index (κ1) is 36.5. The zero-order valence-electron chi connectivity index (χ0n) is 34.4. The molecule has 3 heteroatoms. The lowest BCUT2D eigenvalue weighted by molar-refractivity contribution is 0.669. The number of rotatable bonds is 8. The Morgan fingerprint density at radius 2 is 0.841 bits per heavy atom. The lowest BCUT2D eigenvalue weighted by atomic mass is 9.88. The predicted molar refractivity (Wildman–Crippen MR) is 264 cm³/mol. The maximum Gasteiger partial charge on any atom is 0.135 e. The summed E-state index contributed by atoms with van der Waals surface area (Å²) in [5.41, 5.74) is 17.9. The molecule has 0 saturated heterocycles. The first-order valence-corrected chi connectivity index (χ1v) is 21.5. The van der Waals surface area contributed by atoms with Crippen molar-refractivity contribution < 1.29 is 4.42 Å². The van der Waals surface area contributed by atoms with Crippen molar-refractivity contribution in [2.24, 2.45) is 0 Å². The summed E-state index contributed by atoms with van der Waals surface area (Å²) in [6.45, 7) is 0. The van der Waals surface area contributed by atoms with Crippen LogP contribution in [0.2, 0.25) is 0 Å². The fourth-order valence-corrected chi connectivity index (χ4v) is 9.62. The monoisotopic (exact) mass is 804 g/mol. The molecule has 0 aliphatic carbocycles. The minimum absolute atomic E-state index is 0.870. The van der Waals surface area contributed by atoms with Gasteiger partial charge in [-0.3, -0.25) is 0 Å². The first-order chi connectivity index (χ1) is 31.3. The van der Waals surface area contributed by atoms with E-state index in [0.717, 1.165) is 61.4 Å². The molecule has 2 aromatic heterocycles. The third-order valence-corrected chi connectivity index (χ3v) is 12.4. The van der Waals surface area contributed by atoms with E-state index >= 15 is 0 Å². The largest absolute Gasteiger partial charge is 0.456 e. The van der Waals surface area contributed by atoms with Gasteiger partial charge in [0.15, 0.2) is 0 Å². The maximum atomic E-state index is 6.34. The number of fused-ring (bicyclic) bond motifs is 6. The molecule has 0 atom stereocenters. The van der Waals surface area contributed by atoms with E-state index in [0.29, 0.717) is 0 Å². The second-order valence-electron chi connectivity index (χ2n) is 16.0. The molecule has 0 radical (unpaired) electrons. The Kier molecular flexibility index (Phi) is 8.83. The van der Waals surface area contributed by atoms with Crippen LogP contribution >= 0.6 is 0 Å². The van der Waals surface area contributed by atoms with Crippen LogP contribution in [0.25, 0.3) is 93.9 Å². The third kappa shape index (κ3) is 6.21. The number of nitrogens with zero attached hydrogens (tertiary/aromatic N) is 2. The van der Waals surface area contributed by atoms with Gasteiger partial charge in [0.25, 0.3) is 0 Å². The zero-order valence-corrected chi connectivity index (χ0v) is 34.4. The molecule has 3 nitrogen and oxygen atoms in total. The number of hydrogen-bond acceptors (Lipinski definition) is 2. The molecule has 0 unspecified atom stereocenters. The minimum atomic E-state index is 0.870. The number of benzene rings is 10. The molecule has 0 N–H and O–H groups in total. The Bertz CT molecular complexity index is 3620. The lowest BCUT2D eigenvalue weighted by Gasteiger charge is -2.29. The van der Waals surface area contributed by atoms with Crippen molar-refractivity contribution in [3.8, 4) is 50.2 Å². The molecule has 0 bridgehead atoms. The molecule has 10 aromatic carbocycles. The molecule has 0 aliphatic rings. The van der Waals surface area contributed by atoms with Gasteiger partial charge >= 0.3 is 0 Å². The van der Waals surface area contributed by atoms with Gasteiger partial charge in [0, 0.05) is 44.2 Å². The number of furan rings is 1. The summed E-state index contributed by atoms with van der Waals surface area (Å²) in [7, 11) is 0. The normalized spacial score (nSPS) is 11.5. The zero-order chi connectivity index (χ0) is 41.7. The van der Waals surface area contributed by atoms with E-state index in [2.05, 4.69) is 240 Å². The Hall–Kier alpha value is -8.40. The quantitative estimate of drug-likeness (QED) is 0.153. The van der Waals surface area contributed by atoms with Gasteiger partial charge in [0.2, 0.25) is 0 Å². The van der Waals surface area contributed by atoms with Gasteiger partial charge in [0.1, 0.15) is 11.2 Å². The number of anilines is 3. The van der Waals surface area contributed by atoms with Gasteiger partial charge < -0.3 is 13.9 Å². The van der Waals surface area contributed by atoms with E-state index in [-0.39, 0.29) is 0 Å². The summed E-state index contributed by atoms with van der Waals surface area (Å²) in [5, 5.41) is 4.67. The van der Waals surface area contributed by atoms with Crippen LogP contribution in [0.1, 0.15) is 0 Å². The topological polar surface area (TPSA) is 21.3 Å². The molecule has 0 spiro atoms. The minimum Gasteiger partial charge on any atom is -0.456 e. The molecule has 0 amide bonds. The Morgan fingerprint density at radius 3 is 1.62 bits per heavy atom. The highest BCUT2D eigenvalue weighted by Gasteiger charge is 2.22. The standard InChI is InChI=1S/C60H40N2O/c1-3-18-41(19-4-1)46-22-7-8-23-48(46)49-24-9-10-25-50(49)51-26-11-14-30-55(51)61(45-38-39-59-54(40-45)52-27-13-16-33-58(52)63-59)44-36-34-42(35-37-44)47-29-17-32-57-60(47)53-28-12-15-31-56(53)62(57)43-20-5-2-6-21-43/h1-40H. The molecule has 0 fully saturated rings. The summed E-state index contributed by atoms with van der Waals surface area (Å²) in [6.07, 6.45) is 0. The summed E-state index contributed by atoms with van der Waals surface area (Å²) in [6, 6.07) is 87.1. The van der Waals surface area contributed by atoms with E-state index < -0.39 is 0 Å². The van der Waals surface area contributed by atoms with Crippen molar-refractivity contribution in [2.75, 3.05) is 4.90 Å². The van der Waals surface area contributed by atoms with Gasteiger partial charge in [0.05, 0.1) is 16.7 Å². The average Bonchev–Trinajstić information content (AvgIpc) is 3.91. The molecule has 12 rings (SSSR count). The van der Waals surface area contributed by atoms with Gasteiger partial charge in [-0.2, -0.15) is 0 Å². The number of hydrogen-bond donors (Lipinski definition) is 0. The van der Waals surface area contributed by atoms with Crippen LogP contribution in [-0.2, 0) is 0 Å². The van der Waals surface area contributed by atoms with Crippen LogP contribution in [0.3, 0.4) is 0 Å². The van der Waals surface area contributed by atoms with Crippen LogP contribution in [0.4, 0.5) is 17.1 Å². The average molecular weight is 805 g/mol. The first-order valence-electron chi connectivity index (χ1n) is 21.5. The summed E-state index contributed by atoms with van der Waals surface area (Å²) in [4.78, 5) is 2.40. The molecule has 0 aliphatic heterocycles. The smallest absolute Gasteiger partial charge is 0.135 e. The van der Waals surface area contributed by atoms with Gasteiger partial charge in [-0.05, 0) is 106 Å². The summed E-state index contributed by atoms with van der Waals surface area (Å²) >= 11 is 0. The highest BCUT2D eigenvalue weighted by molar-refractivity contribution is 6.16. The van der Waals surface area contributed by atoms with Crippen molar-refractivity contribution in [1.82, 2.24) is 4.57 Å². The van der Waals surface area contributed by atoms with Crippen molar-refractivity contribution >= 4 is 60.8 Å². The Balaban J connectivity index is 1.05. The van der Waals surface area contributed by atoms with Crippen molar-refractivity contribution in [2.45, 2.75) is 0 Å². The van der Waals surface area contributed by atoms with Crippen molar-refractivity contribution in [3.63, 3.8) is 0 Å². The van der Waals surface area contributed by atoms with E-state index in [4.69, 9.17) is 4.42 Å². The molecule has 63 heavy (non-hydrogen) atoms. The Labute approximate surface area is 366 Å². The number of para-hydroxylation sites is 4. The highest BCUT2D eigenvalue weighted by atomic mass is 16.3. The van der Waals surface area contributed by atoms with Crippen LogP contribution in [0.15, 0.2) is 247 Å². The molecular formula is C60H40N2O. The maximum absolute atomic E-state index is 6.34. The SMILES string of the molecule is c1ccc(-c2ccccc2-c2ccccc2-c2ccccc2N(c2ccc(-c3cccc4c3c3ccccc3n4-c3ccccc3)cc2)c2ccc3oc4ccccc4c3c2)cc1. The van der Waals surface area contributed by atoms with Crippen molar-refractivity contribution in [3.05, 3.63) is 243 Å². The van der Waals surface area contributed by atoms with E-state index in [1.54, 1.807) is 0 Å². The van der Waals surface area contributed by atoms with Crippen LogP contribution in [0.5, 0.6) is 0 Å². The predicted octanol–water partition coefficient (Wildman–Crippen LogP) is 16.8.